The number of carbonyl (C=O) groups is 1. The van der Waals surface area contributed by atoms with E-state index in [0.29, 0.717) is 17.5 Å². The Hall–Kier alpha value is -4.36. The number of hydrazine groups is 1. The Morgan fingerprint density at radius 2 is 2.15 bits per heavy atom. The topological polar surface area (TPSA) is 154 Å². The Kier molecular flexibility index (Phi) is 6.90. The molecule has 0 unspecified atom stereocenters. The first-order chi connectivity index (χ1) is 19.4. The monoisotopic (exact) mass is 549 g/mol. The number of fused-ring (bicyclic) bond motifs is 1. The molecule has 6 N–H and O–H groups in total. The minimum absolute atomic E-state index is 0.0583. The SMILES string of the molecule is COc1ccc(-n2cn[nH]2)c(CNC(=O)/C(N)=C/N(N)Cc2cn3cc(C4CC4)cc(CC4COC4)c3n2)c1F. The van der Waals surface area contributed by atoms with Crippen molar-refractivity contribution >= 4 is 11.6 Å². The maximum absolute atomic E-state index is 15.0. The summed E-state index contributed by atoms with van der Waals surface area (Å²) < 4.78 is 29.0. The van der Waals surface area contributed by atoms with Crippen LogP contribution in [0.25, 0.3) is 11.3 Å². The Labute approximate surface area is 229 Å². The predicted octanol–water partition coefficient (Wildman–Crippen LogP) is 1.85. The number of aromatic amines is 1. The molecule has 210 valence electrons. The minimum Gasteiger partial charge on any atom is -0.494 e. The summed E-state index contributed by atoms with van der Waals surface area (Å²) in [6.45, 7) is 1.68. The van der Waals surface area contributed by atoms with Gasteiger partial charge in [0.2, 0.25) is 0 Å². The Morgan fingerprint density at radius 3 is 2.80 bits per heavy atom. The highest BCUT2D eigenvalue weighted by Gasteiger charge is 2.27. The number of nitrogens with two attached hydrogens (primary N) is 2. The Balaban J connectivity index is 1.14. The van der Waals surface area contributed by atoms with Gasteiger partial charge in [0.05, 0.1) is 38.2 Å². The van der Waals surface area contributed by atoms with E-state index in [1.54, 1.807) is 6.07 Å². The molecule has 4 aromatic rings. The molecule has 2 fully saturated rings. The molecule has 1 aromatic carbocycles. The number of halogens is 1. The zero-order chi connectivity index (χ0) is 27.8. The fourth-order valence-electron chi connectivity index (χ4n) is 4.94. The number of amides is 1. The normalized spacial score (nSPS) is 15.8. The lowest BCUT2D eigenvalue weighted by molar-refractivity contribution is -0.117. The average Bonchev–Trinajstić information content (AvgIpc) is 3.64. The van der Waals surface area contributed by atoms with Gasteiger partial charge in [-0.2, -0.15) is 0 Å². The van der Waals surface area contributed by atoms with Crippen LogP contribution in [-0.4, -0.2) is 55.6 Å². The number of methoxy groups -OCH3 is 1. The molecule has 4 heterocycles. The van der Waals surface area contributed by atoms with Crippen LogP contribution < -0.4 is 21.6 Å². The molecule has 1 saturated heterocycles. The maximum Gasteiger partial charge on any atom is 0.268 e. The molecule has 0 atom stereocenters. The summed E-state index contributed by atoms with van der Waals surface area (Å²) in [5.41, 5.74) is 10.8. The summed E-state index contributed by atoms with van der Waals surface area (Å²) in [7, 11) is 1.37. The van der Waals surface area contributed by atoms with Crippen LogP contribution in [0.4, 0.5) is 4.39 Å². The smallest absolute Gasteiger partial charge is 0.268 e. The first-order valence-corrected chi connectivity index (χ1v) is 13.2. The molecule has 0 spiro atoms. The summed E-state index contributed by atoms with van der Waals surface area (Å²) in [6.07, 6.45) is 10.3. The predicted molar refractivity (Wildman–Crippen MR) is 143 cm³/mol. The number of pyridine rings is 1. The summed E-state index contributed by atoms with van der Waals surface area (Å²) in [4.78, 5) is 17.6. The van der Waals surface area contributed by atoms with Crippen molar-refractivity contribution in [1.82, 2.24) is 34.7 Å². The molecule has 1 saturated carbocycles. The summed E-state index contributed by atoms with van der Waals surface area (Å²) in [5.74, 6) is 6.20. The van der Waals surface area contributed by atoms with Gasteiger partial charge in [-0.1, -0.05) is 6.07 Å². The van der Waals surface area contributed by atoms with Crippen molar-refractivity contribution in [3.8, 4) is 11.4 Å². The van der Waals surface area contributed by atoms with E-state index < -0.39 is 11.7 Å². The number of rotatable bonds is 11. The highest BCUT2D eigenvalue weighted by atomic mass is 19.1. The number of aromatic nitrogens is 5. The van der Waals surface area contributed by atoms with Gasteiger partial charge in [0, 0.05) is 36.6 Å². The van der Waals surface area contributed by atoms with E-state index in [1.165, 1.54) is 59.4 Å². The highest BCUT2D eigenvalue weighted by Crippen LogP contribution is 2.41. The van der Waals surface area contributed by atoms with Crippen LogP contribution in [0.5, 0.6) is 5.75 Å². The van der Waals surface area contributed by atoms with Crippen LogP contribution in [0.1, 0.15) is 41.1 Å². The van der Waals surface area contributed by atoms with Crippen molar-refractivity contribution in [1.29, 1.82) is 0 Å². The first kappa shape index (κ1) is 25.9. The van der Waals surface area contributed by atoms with E-state index in [4.69, 9.17) is 26.0 Å². The molecule has 2 aliphatic rings. The van der Waals surface area contributed by atoms with Gasteiger partial charge < -0.3 is 29.9 Å². The van der Waals surface area contributed by atoms with Gasteiger partial charge in [0.1, 0.15) is 17.7 Å². The number of nitrogens with one attached hydrogen (secondary N) is 2. The van der Waals surface area contributed by atoms with Gasteiger partial charge in [-0.3, -0.25) is 4.79 Å². The molecule has 40 heavy (non-hydrogen) atoms. The zero-order valence-electron chi connectivity index (χ0n) is 22.1. The van der Waals surface area contributed by atoms with Crippen molar-refractivity contribution in [2.45, 2.75) is 38.3 Å². The van der Waals surface area contributed by atoms with Gasteiger partial charge in [0.15, 0.2) is 11.6 Å². The number of benzene rings is 1. The number of hydrogen-bond acceptors (Lipinski definition) is 8. The van der Waals surface area contributed by atoms with Crippen molar-refractivity contribution < 1.29 is 18.7 Å². The third-order valence-corrected chi connectivity index (χ3v) is 7.30. The number of imidazole rings is 1. The number of hydrogen-bond donors (Lipinski definition) is 4. The van der Waals surface area contributed by atoms with Gasteiger partial charge in [0.25, 0.3) is 5.91 Å². The van der Waals surface area contributed by atoms with E-state index in [2.05, 4.69) is 32.3 Å². The molecule has 3 aromatic heterocycles. The van der Waals surface area contributed by atoms with Crippen LogP contribution in [-0.2, 0) is 29.0 Å². The summed E-state index contributed by atoms with van der Waals surface area (Å²) in [6, 6.07) is 5.45. The van der Waals surface area contributed by atoms with Crippen LogP contribution in [0.2, 0.25) is 0 Å². The van der Waals surface area contributed by atoms with E-state index in [1.807, 2.05) is 6.20 Å². The molecule has 1 aliphatic heterocycles. The van der Waals surface area contributed by atoms with E-state index in [0.717, 1.165) is 31.0 Å². The molecule has 0 bridgehead atoms. The van der Waals surface area contributed by atoms with Gasteiger partial charge in [-0.05, 0) is 48.4 Å². The van der Waals surface area contributed by atoms with E-state index in [-0.39, 0.29) is 30.1 Å². The standard InChI is InChI=1S/C27H32FN9O3/c1-39-24-5-4-23(37-15-32-34-37)21(25(24)28)8-31-27(38)22(29)12-36(30)11-20-10-35-9-19(17-2-3-17)7-18(26(35)33-20)6-16-13-40-14-16/h4-5,7,9-10,12,15-17,34H,2-3,6,8,11,13-14,29-30H2,1H3,(H,31,38)/b22-12-. The first-order valence-electron chi connectivity index (χ1n) is 13.2. The number of ether oxygens (including phenoxy) is 2. The minimum atomic E-state index is -0.595. The Bertz CT molecular complexity index is 1560. The zero-order valence-corrected chi connectivity index (χ0v) is 22.1. The van der Waals surface area contributed by atoms with Crippen LogP contribution >= 0.6 is 0 Å². The molecular weight excluding hydrogens is 517 g/mol. The van der Waals surface area contributed by atoms with Crippen molar-refractivity contribution in [2.24, 2.45) is 17.5 Å². The lowest BCUT2D eigenvalue weighted by atomic mass is 9.97. The molecule has 12 nitrogen and oxygen atoms in total. The van der Waals surface area contributed by atoms with Crippen LogP contribution in [0.3, 0.4) is 0 Å². The Morgan fingerprint density at radius 1 is 1.35 bits per heavy atom. The molecule has 0 radical (unpaired) electrons. The van der Waals surface area contributed by atoms with Gasteiger partial charge in [-0.25, -0.2) is 25.1 Å². The third-order valence-electron chi connectivity index (χ3n) is 7.30. The summed E-state index contributed by atoms with van der Waals surface area (Å²) in [5, 5.41) is 10.4. The second-order valence-corrected chi connectivity index (χ2v) is 10.4. The van der Waals surface area contributed by atoms with Crippen LogP contribution in [0, 0.1) is 11.7 Å². The summed E-state index contributed by atoms with van der Waals surface area (Å²) >= 11 is 0. The quantitative estimate of drug-likeness (QED) is 0.126. The lowest BCUT2D eigenvalue weighted by Crippen LogP contribution is -2.33. The number of nitrogens with zero attached hydrogens (tertiary/aromatic N) is 5. The van der Waals surface area contributed by atoms with Crippen LogP contribution in [0.15, 0.2) is 48.8 Å². The van der Waals surface area contributed by atoms with Crippen molar-refractivity contribution in [3.63, 3.8) is 0 Å². The molecule has 13 heteroatoms. The van der Waals surface area contributed by atoms with Gasteiger partial charge >= 0.3 is 0 Å². The molecule has 1 amide bonds. The molecule has 1 aliphatic carbocycles. The van der Waals surface area contributed by atoms with Crippen molar-refractivity contribution in [2.75, 3.05) is 20.3 Å². The fraction of sp³-hybridized carbons (Fsp3) is 0.370. The molecule has 6 rings (SSSR count). The van der Waals surface area contributed by atoms with Crippen molar-refractivity contribution in [3.05, 3.63) is 77.0 Å². The van der Waals surface area contributed by atoms with E-state index >= 15 is 0 Å². The number of H-pyrrole nitrogens is 1. The third kappa shape index (κ3) is 5.25. The molecular formula is C27H32FN9O3. The average molecular weight is 550 g/mol. The number of carbonyl (C=O) groups excluding carboxylic acids is 1. The van der Waals surface area contributed by atoms with Gasteiger partial charge in [-0.15, -0.1) is 5.10 Å². The highest BCUT2D eigenvalue weighted by molar-refractivity contribution is 5.92. The lowest BCUT2D eigenvalue weighted by Gasteiger charge is -2.26. The fourth-order valence-corrected chi connectivity index (χ4v) is 4.94. The van der Waals surface area contributed by atoms with E-state index in [9.17, 15) is 9.18 Å². The maximum atomic E-state index is 15.0. The second-order valence-electron chi connectivity index (χ2n) is 10.4. The largest absolute Gasteiger partial charge is 0.494 e. The second kappa shape index (κ2) is 10.7.